The van der Waals surface area contributed by atoms with Crippen molar-refractivity contribution < 1.29 is 13.9 Å². The van der Waals surface area contributed by atoms with Crippen LogP contribution in [0.2, 0.25) is 0 Å². The highest BCUT2D eigenvalue weighted by molar-refractivity contribution is 5.94. The van der Waals surface area contributed by atoms with E-state index in [2.05, 4.69) is 4.90 Å². The Bertz CT molecular complexity index is 573. The van der Waals surface area contributed by atoms with Crippen molar-refractivity contribution in [2.24, 2.45) is 5.92 Å². The van der Waals surface area contributed by atoms with Crippen LogP contribution in [0, 0.1) is 11.7 Å². The summed E-state index contributed by atoms with van der Waals surface area (Å²) < 4.78 is 18.6. The largest absolute Gasteiger partial charge is 0.383 e. The average Bonchev–Trinajstić information content (AvgIpc) is 2.66. The summed E-state index contributed by atoms with van der Waals surface area (Å²) in [4.78, 5) is 17.0. The predicted molar refractivity (Wildman–Crippen MR) is 96.1 cm³/mol. The molecule has 4 nitrogen and oxygen atoms in total. The summed E-state index contributed by atoms with van der Waals surface area (Å²) in [6.07, 6.45) is 5.91. The molecular formula is C20H29FN2O2. The standard InChI is InChI=1S/C20H29FN2O2/c1-25-14-13-22-10-3-2-7-19(22)16-8-11-23(12-9-16)20(24)17-5-4-6-18(21)15-17/h4-6,15-16,19H,2-3,7-14H2,1H3/t19-/m1/s1. The molecule has 1 aromatic carbocycles. The zero-order chi connectivity index (χ0) is 17.6. The van der Waals surface area contributed by atoms with Gasteiger partial charge in [0.1, 0.15) is 5.82 Å². The number of likely N-dealkylation sites (tertiary alicyclic amines) is 2. The Balaban J connectivity index is 1.56. The number of rotatable bonds is 5. The number of methoxy groups -OCH3 is 1. The van der Waals surface area contributed by atoms with Crippen molar-refractivity contribution in [3.63, 3.8) is 0 Å². The molecule has 3 rings (SSSR count). The van der Waals surface area contributed by atoms with Crippen LogP contribution in [0.4, 0.5) is 4.39 Å². The van der Waals surface area contributed by atoms with Crippen LogP contribution in [-0.4, -0.2) is 61.6 Å². The third-order valence-corrected chi connectivity index (χ3v) is 5.69. The molecule has 5 heteroatoms. The van der Waals surface area contributed by atoms with Crippen LogP contribution in [0.25, 0.3) is 0 Å². The van der Waals surface area contributed by atoms with Crippen molar-refractivity contribution in [3.8, 4) is 0 Å². The van der Waals surface area contributed by atoms with Gasteiger partial charge in [0.2, 0.25) is 0 Å². The Morgan fingerprint density at radius 2 is 2.00 bits per heavy atom. The number of hydrogen-bond donors (Lipinski definition) is 0. The molecule has 0 bridgehead atoms. The molecule has 0 radical (unpaired) electrons. The number of carbonyl (C=O) groups is 1. The molecule has 2 heterocycles. The number of ether oxygens (including phenoxy) is 1. The van der Waals surface area contributed by atoms with E-state index in [4.69, 9.17) is 4.74 Å². The van der Waals surface area contributed by atoms with Gasteiger partial charge < -0.3 is 9.64 Å². The van der Waals surface area contributed by atoms with Gasteiger partial charge in [0, 0.05) is 38.3 Å². The van der Waals surface area contributed by atoms with Crippen LogP contribution < -0.4 is 0 Å². The van der Waals surface area contributed by atoms with Crippen LogP contribution in [0.15, 0.2) is 24.3 Å². The molecule has 2 aliphatic heterocycles. The maximum atomic E-state index is 13.4. The topological polar surface area (TPSA) is 32.8 Å². The highest BCUT2D eigenvalue weighted by Crippen LogP contribution is 2.30. The second kappa shape index (κ2) is 8.77. The fraction of sp³-hybridized carbons (Fsp3) is 0.650. The third-order valence-electron chi connectivity index (χ3n) is 5.69. The van der Waals surface area contributed by atoms with E-state index < -0.39 is 0 Å². The van der Waals surface area contributed by atoms with E-state index in [0.717, 1.165) is 45.6 Å². The van der Waals surface area contributed by atoms with Gasteiger partial charge >= 0.3 is 0 Å². The number of piperidine rings is 2. The summed E-state index contributed by atoms with van der Waals surface area (Å²) in [5, 5.41) is 0. The minimum absolute atomic E-state index is 0.0437. The number of carbonyl (C=O) groups excluding carboxylic acids is 1. The summed E-state index contributed by atoms with van der Waals surface area (Å²) in [6, 6.07) is 6.63. The first kappa shape index (κ1) is 18.3. The lowest BCUT2D eigenvalue weighted by Gasteiger charge is -2.43. The molecule has 2 aliphatic rings. The molecule has 0 unspecified atom stereocenters. The summed E-state index contributed by atoms with van der Waals surface area (Å²) >= 11 is 0. The van der Waals surface area contributed by atoms with Gasteiger partial charge in [-0.15, -0.1) is 0 Å². The van der Waals surface area contributed by atoms with E-state index in [1.54, 1.807) is 19.2 Å². The van der Waals surface area contributed by atoms with Gasteiger partial charge in [0.15, 0.2) is 0 Å². The number of halogens is 1. The van der Waals surface area contributed by atoms with Gasteiger partial charge in [0.05, 0.1) is 6.61 Å². The van der Waals surface area contributed by atoms with E-state index >= 15 is 0 Å². The van der Waals surface area contributed by atoms with Gasteiger partial charge in [-0.3, -0.25) is 9.69 Å². The van der Waals surface area contributed by atoms with E-state index in [1.165, 1.54) is 31.4 Å². The molecular weight excluding hydrogens is 319 g/mol. The van der Waals surface area contributed by atoms with Crippen LogP contribution in [0.1, 0.15) is 42.5 Å². The van der Waals surface area contributed by atoms with Gasteiger partial charge in [-0.25, -0.2) is 4.39 Å². The Labute approximate surface area is 149 Å². The Hall–Kier alpha value is -1.46. The molecule has 2 fully saturated rings. The maximum absolute atomic E-state index is 13.4. The second-order valence-electron chi connectivity index (χ2n) is 7.23. The van der Waals surface area contributed by atoms with Gasteiger partial charge in [-0.05, 0) is 56.3 Å². The molecule has 0 aromatic heterocycles. The van der Waals surface area contributed by atoms with Crippen LogP contribution >= 0.6 is 0 Å². The lowest BCUT2D eigenvalue weighted by Crippen LogP contribution is -2.49. The quantitative estimate of drug-likeness (QED) is 0.819. The second-order valence-corrected chi connectivity index (χ2v) is 7.23. The summed E-state index contributed by atoms with van der Waals surface area (Å²) in [6.45, 7) is 4.50. The van der Waals surface area contributed by atoms with Crippen molar-refractivity contribution in [1.82, 2.24) is 9.80 Å². The smallest absolute Gasteiger partial charge is 0.253 e. The zero-order valence-electron chi connectivity index (χ0n) is 15.1. The molecule has 0 saturated carbocycles. The first-order valence-electron chi connectivity index (χ1n) is 9.47. The Morgan fingerprint density at radius 3 is 2.72 bits per heavy atom. The molecule has 2 saturated heterocycles. The predicted octanol–water partition coefficient (Wildman–Crippen LogP) is 3.18. The Kier molecular flexibility index (Phi) is 6.43. The van der Waals surface area contributed by atoms with Crippen molar-refractivity contribution in [2.75, 3.05) is 39.9 Å². The lowest BCUT2D eigenvalue weighted by atomic mass is 9.83. The van der Waals surface area contributed by atoms with E-state index in [-0.39, 0.29) is 11.7 Å². The van der Waals surface area contributed by atoms with Gasteiger partial charge in [-0.2, -0.15) is 0 Å². The molecule has 1 amide bonds. The summed E-state index contributed by atoms with van der Waals surface area (Å²) in [5.74, 6) is 0.253. The molecule has 0 N–H and O–H groups in total. The van der Waals surface area contributed by atoms with Crippen LogP contribution in [0.3, 0.4) is 0 Å². The minimum Gasteiger partial charge on any atom is -0.383 e. The summed E-state index contributed by atoms with van der Waals surface area (Å²) in [7, 11) is 1.76. The normalized spacial score (nSPS) is 23.0. The van der Waals surface area contributed by atoms with Crippen LogP contribution in [-0.2, 0) is 4.74 Å². The van der Waals surface area contributed by atoms with Crippen molar-refractivity contribution >= 4 is 5.91 Å². The number of benzene rings is 1. The Morgan fingerprint density at radius 1 is 1.20 bits per heavy atom. The fourth-order valence-electron chi connectivity index (χ4n) is 4.33. The maximum Gasteiger partial charge on any atom is 0.253 e. The van der Waals surface area contributed by atoms with Crippen molar-refractivity contribution in [2.45, 2.75) is 38.1 Å². The molecule has 25 heavy (non-hydrogen) atoms. The van der Waals surface area contributed by atoms with Crippen molar-refractivity contribution in [1.29, 1.82) is 0 Å². The van der Waals surface area contributed by atoms with E-state index in [1.807, 2.05) is 4.90 Å². The van der Waals surface area contributed by atoms with Crippen LogP contribution in [0.5, 0.6) is 0 Å². The molecule has 0 aliphatic carbocycles. The van der Waals surface area contributed by atoms with E-state index in [9.17, 15) is 9.18 Å². The summed E-state index contributed by atoms with van der Waals surface area (Å²) in [5.41, 5.74) is 0.456. The molecule has 1 aromatic rings. The molecule has 138 valence electrons. The monoisotopic (exact) mass is 348 g/mol. The number of hydrogen-bond acceptors (Lipinski definition) is 3. The fourth-order valence-corrected chi connectivity index (χ4v) is 4.33. The minimum atomic E-state index is -0.350. The van der Waals surface area contributed by atoms with Gasteiger partial charge in [0.25, 0.3) is 5.91 Å². The highest BCUT2D eigenvalue weighted by atomic mass is 19.1. The molecule has 1 atom stereocenters. The first-order valence-corrected chi connectivity index (χ1v) is 9.47. The number of nitrogens with zero attached hydrogens (tertiary/aromatic N) is 2. The van der Waals surface area contributed by atoms with Gasteiger partial charge in [-0.1, -0.05) is 12.5 Å². The van der Waals surface area contributed by atoms with E-state index in [0.29, 0.717) is 17.5 Å². The molecule has 0 spiro atoms. The number of amides is 1. The highest BCUT2D eigenvalue weighted by Gasteiger charge is 2.33. The third kappa shape index (κ3) is 4.59. The first-order chi connectivity index (χ1) is 12.2. The lowest BCUT2D eigenvalue weighted by molar-refractivity contribution is 0.0374. The SMILES string of the molecule is COCCN1CCCC[C@@H]1C1CCN(C(=O)c2cccc(F)c2)CC1. The zero-order valence-corrected chi connectivity index (χ0v) is 15.1. The average molecular weight is 348 g/mol. The van der Waals surface area contributed by atoms with Crippen molar-refractivity contribution in [3.05, 3.63) is 35.6 Å².